The maximum Gasteiger partial charge on any atom is -0.0134 e. The Morgan fingerprint density at radius 3 is 0.818 bits per heavy atom. The van der Waals surface area contributed by atoms with Gasteiger partial charge in [-0.3, -0.25) is 0 Å². The molecule has 0 bridgehead atoms. The Kier molecular flexibility index (Phi) is 13.1. The molecule has 0 aliphatic heterocycles. The van der Waals surface area contributed by atoms with Crippen LogP contribution in [-0.2, 0) is 0 Å². The van der Waals surface area contributed by atoms with Gasteiger partial charge in [-0.05, 0) is 23.8 Å². The maximum absolute atomic E-state index is 2.23. The van der Waals surface area contributed by atoms with E-state index in [0.29, 0.717) is 0 Å². The molecular weight excluding hydrogens is 316 g/mol. The van der Waals surface area contributed by atoms with Gasteiger partial charge in [-0.1, -0.05) is 91.0 Å². The van der Waals surface area contributed by atoms with Gasteiger partial charge in [0.2, 0.25) is 0 Å². The monoisotopic (exact) mass is 334 g/mol. The van der Waals surface area contributed by atoms with E-state index in [0.717, 1.165) is 0 Å². The average Bonchev–Trinajstić information content (AvgIpc) is 2.51. The van der Waals surface area contributed by atoms with Crippen molar-refractivity contribution in [2.75, 3.05) is 0 Å². The zero-order valence-corrected chi connectivity index (χ0v) is 11.5. The van der Waals surface area contributed by atoms with Crippen LogP contribution in [0.5, 0.6) is 0 Å². The molecule has 0 saturated heterocycles. The molecule has 0 fully saturated rings. The standard InChI is InChI=1S/C18H15P.3Na.3H/c1-4-10-16(11-5-1)19(17-12-6-2-7-13-17)18-14-8-3-9-15-18;;;;;;/h1-15H;;;;;;. The second-order valence-electron chi connectivity index (χ2n) is 4.34. The fraction of sp³-hybridized carbons (Fsp3) is 0. The van der Waals surface area contributed by atoms with Crippen LogP contribution in [0.2, 0.25) is 0 Å². The van der Waals surface area contributed by atoms with Crippen molar-refractivity contribution in [2.24, 2.45) is 0 Å². The van der Waals surface area contributed by atoms with Gasteiger partial charge in [0.25, 0.3) is 0 Å². The van der Waals surface area contributed by atoms with E-state index < -0.39 is 7.92 Å². The quantitative estimate of drug-likeness (QED) is 0.503. The Bertz CT molecular complexity index is 536. The SMILES string of the molecule is [NaH].[NaH].[NaH].c1ccc(P(c2ccccc2)c2ccccc2)cc1. The Balaban J connectivity index is 0.00000147. The van der Waals surface area contributed by atoms with Gasteiger partial charge in [-0.25, -0.2) is 0 Å². The van der Waals surface area contributed by atoms with Crippen molar-refractivity contribution in [1.82, 2.24) is 0 Å². The van der Waals surface area contributed by atoms with Crippen LogP contribution in [0.4, 0.5) is 0 Å². The molecule has 0 radical (unpaired) electrons. The van der Waals surface area contributed by atoms with Crippen LogP contribution in [0.25, 0.3) is 0 Å². The minimum Gasteiger partial charge on any atom is -0.0622 e. The van der Waals surface area contributed by atoms with Crippen molar-refractivity contribution in [3.05, 3.63) is 91.0 Å². The molecule has 0 heterocycles. The van der Waals surface area contributed by atoms with Gasteiger partial charge in [0.05, 0.1) is 0 Å². The minimum atomic E-state index is -0.446. The van der Waals surface area contributed by atoms with E-state index in [9.17, 15) is 0 Å². The summed E-state index contributed by atoms with van der Waals surface area (Å²) >= 11 is 0. The molecule has 98 valence electrons. The zero-order valence-electron chi connectivity index (χ0n) is 10.6. The fourth-order valence-electron chi connectivity index (χ4n) is 2.18. The van der Waals surface area contributed by atoms with Crippen LogP contribution in [0.1, 0.15) is 0 Å². The fourth-order valence-corrected chi connectivity index (χ4v) is 4.48. The summed E-state index contributed by atoms with van der Waals surface area (Å²) in [6, 6.07) is 32.3. The molecule has 0 spiro atoms. The number of benzene rings is 3. The van der Waals surface area contributed by atoms with Crippen molar-refractivity contribution >= 4 is 113 Å². The molecule has 0 N–H and O–H groups in total. The van der Waals surface area contributed by atoms with Gasteiger partial charge in [0.1, 0.15) is 0 Å². The second kappa shape index (κ2) is 12.5. The summed E-state index contributed by atoms with van der Waals surface area (Å²) < 4.78 is 0. The van der Waals surface area contributed by atoms with Gasteiger partial charge in [-0.2, -0.15) is 0 Å². The van der Waals surface area contributed by atoms with E-state index >= 15 is 0 Å². The number of hydrogen-bond donors (Lipinski definition) is 0. The topological polar surface area (TPSA) is 0 Å². The van der Waals surface area contributed by atoms with Gasteiger partial charge in [0.15, 0.2) is 0 Å². The summed E-state index contributed by atoms with van der Waals surface area (Å²) in [5, 5.41) is 4.19. The van der Waals surface area contributed by atoms with Crippen LogP contribution < -0.4 is 15.9 Å². The van der Waals surface area contributed by atoms with Crippen molar-refractivity contribution in [2.45, 2.75) is 0 Å². The Morgan fingerprint density at radius 1 is 0.364 bits per heavy atom. The van der Waals surface area contributed by atoms with Crippen LogP contribution in [0, 0.1) is 0 Å². The van der Waals surface area contributed by atoms with Crippen LogP contribution >= 0.6 is 7.92 Å². The van der Waals surface area contributed by atoms with Crippen molar-refractivity contribution in [3.63, 3.8) is 0 Å². The van der Waals surface area contributed by atoms with Gasteiger partial charge in [0, 0.05) is 0 Å². The van der Waals surface area contributed by atoms with E-state index in [1.807, 2.05) is 0 Å². The smallest absolute Gasteiger partial charge is 0.0134 e. The summed E-state index contributed by atoms with van der Waals surface area (Å²) in [4.78, 5) is 0. The first-order valence-electron chi connectivity index (χ1n) is 6.40. The van der Waals surface area contributed by atoms with Crippen molar-refractivity contribution in [1.29, 1.82) is 0 Å². The Morgan fingerprint density at radius 2 is 0.591 bits per heavy atom. The molecule has 0 atom stereocenters. The molecule has 0 aliphatic carbocycles. The predicted molar refractivity (Wildman–Crippen MR) is 107 cm³/mol. The van der Waals surface area contributed by atoms with E-state index in [1.54, 1.807) is 0 Å². The second-order valence-corrected chi connectivity index (χ2v) is 6.56. The van der Waals surface area contributed by atoms with Gasteiger partial charge in [-0.15, -0.1) is 0 Å². The Labute approximate surface area is 200 Å². The summed E-state index contributed by atoms with van der Waals surface area (Å²) in [6.07, 6.45) is 0. The molecule has 0 aromatic heterocycles. The largest absolute Gasteiger partial charge is 0.0622 e. The zero-order chi connectivity index (χ0) is 12.9. The van der Waals surface area contributed by atoms with Crippen LogP contribution in [0.3, 0.4) is 0 Å². The van der Waals surface area contributed by atoms with E-state index in [4.69, 9.17) is 0 Å². The summed E-state index contributed by atoms with van der Waals surface area (Å²) in [7, 11) is -0.446. The molecule has 0 saturated carbocycles. The summed E-state index contributed by atoms with van der Waals surface area (Å²) in [6.45, 7) is 0. The van der Waals surface area contributed by atoms with Crippen molar-refractivity contribution < 1.29 is 0 Å². The molecule has 22 heavy (non-hydrogen) atoms. The summed E-state index contributed by atoms with van der Waals surface area (Å²) in [5.41, 5.74) is 0. The Hall–Kier alpha value is 1.09. The van der Waals surface area contributed by atoms with E-state index in [1.165, 1.54) is 15.9 Å². The van der Waals surface area contributed by atoms with E-state index in [2.05, 4.69) is 91.0 Å². The predicted octanol–water partition coefficient (Wildman–Crippen LogP) is 1.50. The molecule has 0 nitrogen and oxygen atoms in total. The molecule has 0 amide bonds. The molecule has 0 unspecified atom stereocenters. The van der Waals surface area contributed by atoms with Gasteiger partial charge >= 0.3 is 88.7 Å². The van der Waals surface area contributed by atoms with Gasteiger partial charge < -0.3 is 0 Å². The maximum atomic E-state index is 2.23. The molecule has 4 heteroatoms. The third-order valence-electron chi connectivity index (χ3n) is 3.04. The molecule has 3 aromatic rings. The molecular formula is C18H18Na3P. The number of rotatable bonds is 3. The first-order valence-corrected chi connectivity index (χ1v) is 7.74. The molecule has 3 rings (SSSR count). The van der Waals surface area contributed by atoms with Crippen LogP contribution in [0.15, 0.2) is 91.0 Å². The summed E-state index contributed by atoms with van der Waals surface area (Å²) in [5.74, 6) is 0. The minimum absolute atomic E-state index is 0. The first-order chi connectivity index (χ1) is 9.45. The van der Waals surface area contributed by atoms with E-state index in [-0.39, 0.29) is 88.7 Å². The molecule has 3 aromatic carbocycles. The average molecular weight is 334 g/mol. The normalized spacial score (nSPS) is 9.14. The third-order valence-corrected chi connectivity index (χ3v) is 5.49. The molecule has 0 aliphatic rings. The number of hydrogen-bond acceptors (Lipinski definition) is 0. The van der Waals surface area contributed by atoms with Crippen molar-refractivity contribution in [3.8, 4) is 0 Å². The van der Waals surface area contributed by atoms with Crippen LogP contribution in [-0.4, -0.2) is 88.7 Å². The first kappa shape index (κ1) is 23.1. The third kappa shape index (κ3) is 6.19.